The maximum Gasteiger partial charge on any atom is 0.279 e. The molecule has 4 aromatic carbocycles. The number of carbonyl (C=O) groups excluding carboxylic acids is 2. The van der Waals surface area contributed by atoms with E-state index >= 15 is 0 Å². The van der Waals surface area contributed by atoms with Gasteiger partial charge in [-0.2, -0.15) is 0 Å². The van der Waals surface area contributed by atoms with Gasteiger partial charge in [-0.05, 0) is 98.4 Å². The van der Waals surface area contributed by atoms with Gasteiger partial charge < -0.3 is 37.3 Å². The van der Waals surface area contributed by atoms with E-state index < -0.39 is 12.2 Å². The van der Waals surface area contributed by atoms with Crippen LogP contribution in [-0.4, -0.2) is 93.0 Å². The van der Waals surface area contributed by atoms with Crippen molar-refractivity contribution in [1.29, 1.82) is 0 Å². The van der Waals surface area contributed by atoms with Crippen LogP contribution in [-0.2, 0) is 19.1 Å². The molecule has 0 saturated heterocycles. The smallest absolute Gasteiger partial charge is 0.279 e. The van der Waals surface area contributed by atoms with Crippen LogP contribution in [0.1, 0.15) is 40.8 Å². The van der Waals surface area contributed by atoms with Crippen LogP contribution in [0.15, 0.2) is 158 Å². The summed E-state index contributed by atoms with van der Waals surface area (Å²) in [5, 5.41) is 1.16. The lowest BCUT2D eigenvalue weighted by molar-refractivity contribution is -0.181. The number of nitrogens with zero attached hydrogens (tertiary/aromatic N) is 5. The van der Waals surface area contributed by atoms with E-state index in [1.807, 2.05) is 79.7 Å². The molecule has 2 unspecified atom stereocenters. The lowest BCUT2D eigenvalue weighted by Crippen LogP contribution is -2.32. The first-order valence-corrected chi connectivity index (χ1v) is 23.3. The van der Waals surface area contributed by atoms with Crippen LogP contribution in [0.5, 0.6) is 23.0 Å². The summed E-state index contributed by atoms with van der Waals surface area (Å²) in [7, 11) is 10.9. The summed E-state index contributed by atoms with van der Waals surface area (Å²) in [5.74, 6) is 3.55. The van der Waals surface area contributed by atoms with Crippen molar-refractivity contribution in [1.82, 2.24) is 25.0 Å². The minimum absolute atomic E-state index is 0.190. The zero-order valence-corrected chi connectivity index (χ0v) is 43.3. The zero-order valence-electron chi connectivity index (χ0n) is 40.1. The highest BCUT2D eigenvalue weighted by atomic mass is 79.9. The van der Waals surface area contributed by atoms with Gasteiger partial charge in [0.15, 0.2) is 11.9 Å². The van der Waals surface area contributed by atoms with E-state index in [0.717, 1.165) is 48.9 Å². The Labute approximate surface area is 428 Å². The maximum atomic E-state index is 13.2. The second-order valence-corrected chi connectivity index (χ2v) is 16.4. The molecule has 16 nitrogen and oxygen atoms in total. The van der Waals surface area contributed by atoms with E-state index in [1.165, 1.54) is 14.2 Å². The van der Waals surface area contributed by atoms with Crippen LogP contribution in [0.4, 0.5) is 0 Å². The molecular formula is C53H51Br2N5O11. The van der Waals surface area contributed by atoms with E-state index in [-0.39, 0.29) is 17.5 Å². The van der Waals surface area contributed by atoms with Gasteiger partial charge in [-0.1, -0.05) is 48.5 Å². The Morgan fingerprint density at radius 3 is 1.48 bits per heavy atom. The molecule has 2 atom stereocenters. The molecule has 1 amide bonds. The van der Waals surface area contributed by atoms with Crippen LogP contribution in [0.2, 0.25) is 0 Å². The van der Waals surface area contributed by atoms with Crippen molar-refractivity contribution < 1.29 is 51.7 Å². The lowest BCUT2D eigenvalue weighted by Gasteiger charge is -2.22. The molecule has 71 heavy (non-hydrogen) atoms. The Bertz CT molecular complexity index is 2890. The van der Waals surface area contributed by atoms with Gasteiger partial charge in [0.2, 0.25) is 5.78 Å². The van der Waals surface area contributed by atoms with E-state index in [2.05, 4.69) is 51.8 Å². The van der Waals surface area contributed by atoms with Gasteiger partial charge in [0, 0.05) is 67.8 Å². The van der Waals surface area contributed by atoms with Crippen molar-refractivity contribution in [2.75, 3.05) is 56.3 Å². The average Bonchev–Trinajstić information content (AvgIpc) is 4.16. The summed E-state index contributed by atoms with van der Waals surface area (Å²) >= 11 is 6.87. The third-order valence-corrected chi connectivity index (χ3v) is 12.2. The topological polar surface area (TPSA) is 180 Å². The normalized spacial score (nSPS) is 11.5. The molecule has 0 aliphatic carbocycles. The van der Waals surface area contributed by atoms with Gasteiger partial charge in [-0.15, -0.1) is 0 Å². The van der Waals surface area contributed by atoms with Gasteiger partial charge in [0.25, 0.3) is 5.91 Å². The Kier molecular flexibility index (Phi) is 19.5. The van der Waals surface area contributed by atoms with Gasteiger partial charge in [0.1, 0.15) is 49.6 Å². The Morgan fingerprint density at radius 1 is 0.606 bits per heavy atom. The average molecular weight is 1090 g/mol. The lowest BCUT2D eigenvalue weighted by atomic mass is 10.0. The molecular weight excluding hydrogens is 1040 g/mol. The molecule has 8 rings (SSSR count). The van der Waals surface area contributed by atoms with Crippen molar-refractivity contribution in [2.24, 2.45) is 0 Å². The molecule has 368 valence electrons. The summed E-state index contributed by atoms with van der Waals surface area (Å²) in [4.78, 5) is 47.1. The number of halogens is 2. The number of likely N-dealkylation sites (N-methyl/N-ethyl adjacent to an activating group) is 1. The first-order chi connectivity index (χ1) is 34.5. The van der Waals surface area contributed by atoms with Crippen molar-refractivity contribution in [2.45, 2.75) is 19.1 Å². The van der Waals surface area contributed by atoms with E-state index in [4.69, 9.17) is 42.1 Å². The molecule has 0 bridgehead atoms. The van der Waals surface area contributed by atoms with E-state index in [0.29, 0.717) is 51.0 Å². The molecule has 0 fully saturated rings. The number of aromatic nitrogens is 4. The number of hydrogen-bond acceptors (Lipinski definition) is 15. The monoisotopic (exact) mass is 1090 g/mol. The molecule has 18 heteroatoms. The fraction of sp³-hybridized carbons (Fsp3) is 0.208. The molecule has 0 N–H and O–H groups in total. The first-order valence-electron chi connectivity index (χ1n) is 21.7. The van der Waals surface area contributed by atoms with Gasteiger partial charge in [-0.3, -0.25) is 34.4 Å². The van der Waals surface area contributed by atoms with Gasteiger partial charge in [0.05, 0.1) is 65.6 Å². The number of Topliss-reactive ketones (excluding diaryl/α,β-unsaturated/α-hetero) is 1. The largest absolute Gasteiger partial charge is 0.495 e. The number of benzene rings is 4. The summed E-state index contributed by atoms with van der Waals surface area (Å²) in [6.45, 7) is 2.28. The molecule has 0 saturated carbocycles. The predicted molar refractivity (Wildman–Crippen MR) is 273 cm³/mol. The summed E-state index contributed by atoms with van der Waals surface area (Å²) < 4.78 is 45.1. The molecule has 4 aromatic heterocycles. The number of carbonyl (C=O) groups is 2. The van der Waals surface area contributed by atoms with Crippen molar-refractivity contribution in [3.63, 3.8) is 0 Å². The third kappa shape index (κ3) is 13.4. The Hall–Kier alpha value is -7.22. The number of hydroxylamine groups is 2. The van der Waals surface area contributed by atoms with Crippen LogP contribution in [0, 0.1) is 0 Å². The van der Waals surface area contributed by atoms with Crippen molar-refractivity contribution in [3.8, 4) is 68.2 Å². The van der Waals surface area contributed by atoms with E-state index in [1.54, 1.807) is 103 Å². The highest BCUT2D eigenvalue weighted by molar-refractivity contribution is 9.11. The Balaban J connectivity index is 0.000000187. The summed E-state index contributed by atoms with van der Waals surface area (Å²) in [5.41, 5.74) is 6.47. The predicted octanol–water partition coefficient (Wildman–Crippen LogP) is 11.7. The fourth-order valence-corrected chi connectivity index (χ4v) is 8.01. The number of hydrogen-bond donors (Lipinski definition) is 0. The second-order valence-electron chi connectivity index (χ2n) is 14.8. The maximum absolute atomic E-state index is 13.2. The standard InChI is InChI=1S/C25H21BrN2O5.C16H19N3O3.C12H11BrO3/c1-30-21-12-17(13-22(31-2)23(21)26)19-8-9-20(33-19)24(29)25(32-3)16-6-4-15(5-7-16)18-14-27-10-11-28-18;1-4-22-15(16(20)19(2)21-3)13-7-5-12(6-8-13)14-11-17-9-10-18-14;1-14-10-6-8(9-4-3-5-16-9)7-11(15-2)12(10)13/h4-14,25H,1-3H3;5-11,15H,4H2,1-3H3;3-7H,1-2H3. The van der Waals surface area contributed by atoms with Crippen molar-refractivity contribution >= 4 is 43.6 Å². The zero-order chi connectivity index (χ0) is 50.9. The Morgan fingerprint density at radius 2 is 1.08 bits per heavy atom. The quantitative estimate of drug-likeness (QED) is 0.0620. The highest BCUT2D eigenvalue weighted by Crippen LogP contribution is 2.41. The molecule has 0 spiro atoms. The number of methoxy groups -OCH3 is 5. The number of ketones is 1. The molecule has 0 aliphatic rings. The minimum atomic E-state index is -0.811. The van der Waals surface area contributed by atoms with Crippen LogP contribution in [0.25, 0.3) is 45.2 Å². The molecule has 4 heterocycles. The van der Waals surface area contributed by atoms with Crippen LogP contribution in [0.3, 0.4) is 0 Å². The van der Waals surface area contributed by atoms with Crippen LogP contribution >= 0.6 is 31.9 Å². The number of rotatable bonds is 17. The number of ether oxygens (including phenoxy) is 6. The minimum Gasteiger partial charge on any atom is -0.495 e. The fourth-order valence-electron chi connectivity index (χ4n) is 6.90. The van der Waals surface area contributed by atoms with E-state index in [9.17, 15) is 9.59 Å². The van der Waals surface area contributed by atoms with Crippen LogP contribution < -0.4 is 18.9 Å². The first kappa shape index (κ1) is 53.1. The molecule has 8 aromatic rings. The highest BCUT2D eigenvalue weighted by Gasteiger charge is 2.27. The third-order valence-electron chi connectivity index (χ3n) is 10.6. The SMILES string of the molecule is CCOC(C(=O)N(C)OC)c1ccc(-c2cnccn2)cc1.COc1cc(-c2ccc(C(=O)C(OC)c3ccc(-c4cnccn4)cc3)o2)cc(OC)c1Br.COc1cc(-c2ccco2)cc(OC)c1Br. The van der Waals surface area contributed by atoms with Gasteiger partial charge >= 0.3 is 0 Å². The second kappa shape index (κ2) is 26.1. The molecule has 0 aliphatic heterocycles. The number of furan rings is 2. The van der Waals surface area contributed by atoms with Crippen molar-refractivity contribution in [3.05, 3.63) is 166 Å². The number of amides is 1. The summed E-state index contributed by atoms with van der Waals surface area (Å²) in [6.07, 6.45) is 10.0. The molecule has 0 radical (unpaired) electrons. The van der Waals surface area contributed by atoms with Gasteiger partial charge in [-0.25, -0.2) is 5.06 Å². The summed E-state index contributed by atoms with van der Waals surface area (Å²) in [6, 6.07) is 29.4.